The molecule has 4 heterocycles. The Balaban J connectivity index is 1.48. The highest BCUT2D eigenvalue weighted by molar-refractivity contribution is 8.02. The zero-order chi connectivity index (χ0) is 25.0. The van der Waals surface area contributed by atoms with Crippen molar-refractivity contribution in [2.24, 2.45) is 11.8 Å². The summed E-state index contributed by atoms with van der Waals surface area (Å²) in [4.78, 5) is 44.8. The third-order valence-electron chi connectivity index (χ3n) is 7.97. The van der Waals surface area contributed by atoms with Crippen LogP contribution in [-0.4, -0.2) is 69.6 Å². The molecular weight excluding hydrogens is 476 g/mol. The van der Waals surface area contributed by atoms with Gasteiger partial charge in [-0.1, -0.05) is 61.6 Å². The predicted octanol–water partition coefficient (Wildman–Crippen LogP) is 2.92. The molecule has 6 atom stereocenters. The Hall–Kier alpha value is -3.10. The van der Waals surface area contributed by atoms with Gasteiger partial charge < -0.3 is 19.6 Å². The van der Waals surface area contributed by atoms with E-state index < -0.39 is 34.6 Å². The summed E-state index contributed by atoms with van der Waals surface area (Å²) >= 11 is 1.51. The minimum absolute atomic E-state index is 0.187. The molecule has 0 aromatic heterocycles. The second-order valence-electron chi connectivity index (χ2n) is 9.77. The van der Waals surface area contributed by atoms with Crippen molar-refractivity contribution in [3.63, 3.8) is 0 Å². The van der Waals surface area contributed by atoms with Crippen molar-refractivity contribution in [2.75, 3.05) is 24.7 Å². The van der Waals surface area contributed by atoms with Crippen molar-refractivity contribution in [2.45, 2.75) is 35.4 Å². The van der Waals surface area contributed by atoms with E-state index >= 15 is 0 Å². The molecule has 2 aromatic rings. The molecule has 1 N–H and O–H groups in total. The molecule has 6 rings (SSSR count). The number of thioether (sulfide) groups is 1. The number of rotatable bonds is 4. The summed E-state index contributed by atoms with van der Waals surface area (Å²) in [6, 6.07) is 12.5. The topological polar surface area (TPSA) is 87.2 Å². The van der Waals surface area contributed by atoms with Crippen LogP contribution in [0.4, 0.5) is 5.69 Å². The Kier molecular flexibility index (Phi) is 5.68. The number of fused-ring (bicyclic) bond motifs is 3. The molecule has 2 amide bonds. The maximum atomic E-state index is 14.4. The summed E-state index contributed by atoms with van der Waals surface area (Å²) < 4.78 is 4.49. The van der Waals surface area contributed by atoms with Gasteiger partial charge in [-0.2, -0.15) is 0 Å². The fraction of sp³-hybridized carbons (Fsp3) is 0.393. The smallest absolute Gasteiger partial charge is 0.311 e. The number of likely N-dealkylation sites (tertiary alicyclic amines) is 1. The van der Waals surface area contributed by atoms with E-state index in [2.05, 4.69) is 0 Å². The zero-order valence-corrected chi connectivity index (χ0v) is 20.8. The summed E-state index contributed by atoms with van der Waals surface area (Å²) in [5.41, 5.74) is 0.754. The van der Waals surface area contributed by atoms with E-state index in [1.54, 1.807) is 9.80 Å². The Morgan fingerprint density at radius 3 is 2.69 bits per heavy atom. The molecular formula is C28H28N2O5S. The van der Waals surface area contributed by atoms with Crippen LogP contribution in [0.15, 0.2) is 66.8 Å². The van der Waals surface area contributed by atoms with Gasteiger partial charge in [0.05, 0.1) is 29.2 Å². The standard InChI is InChI=1S/C28H28N2O5S/c1-2-19(16-31)30-24-26(33)29(20-11-10-17-7-3-4-8-18(17)15-20)13-6-12-28(24)23(25(30)32)22-21(36-28)9-5-14-35-27(22)34/h3-12,15,19,21-24,31H,2,13-14,16H2,1H3/t19-,21+,22-,23-,24?,28-/m0/s1. The van der Waals surface area contributed by atoms with Gasteiger partial charge in [0, 0.05) is 17.5 Å². The number of esters is 1. The first-order valence-corrected chi connectivity index (χ1v) is 13.3. The summed E-state index contributed by atoms with van der Waals surface area (Å²) in [5, 5.41) is 12.0. The Labute approximate surface area is 213 Å². The van der Waals surface area contributed by atoms with Gasteiger partial charge in [-0.25, -0.2) is 0 Å². The first-order valence-electron chi connectivity index (χ1n) is 12.4. The van der Waals surface area contributed by atoms with E-state index in [0.717, 1.165) is 16.5 Å². The molecule has 4 aliphatic rings. The maximum absolute atomic E-state index is 14.4. The van der Waals surface area contributed by atoms with Gasteiger partial charge >= 0.3 is 5.97 Å². The van der Waals surface area contributed by atoms with E-state index in [-0.39, 0.29) is 30.3 Å². The molecule has 0 radical (unpaired) electrons. The highest BCUT2D eigenvalue weighted by Gasteiger charge is 2.71. The fourth-order valence-corrected chi connectivity index (χ4v) is 8.28. The van der Waals surface area contributed by atoms with E-state index in [0.29, 0.717) is 13.0 Å². The van der Waals surface area contributed by atoms with Crippen molar-refractivity contribution in [1.82, 2.24) is 4.90 Å². The van der Waals surface area contributed by atoms with Crippen molar-refractivity contribution in [1.29, 1.82) is 0 Å². The number of aliphatic hydroxyl groups excluding tert-OH is 1. The Morgan fingerprint density at radius 2 is 1.92 bits per heavy atom. The van der Waals surface area contributed by atoms with Crippen LogP contribution in [0.2, 0.25) is 0 Å². The molecule has 0 saturated carbocycles. The average molecular weight is 505 g/mol. The number of carbonyl (C=O) groups is 3. The minimum atomic E-state index is -0.918. The van der Waals surface area contributed by atoms with Crippen LogP contribution < -0.4 is 4.90 Å². The van der Waals surface area contributed by atoms with Crippen molar-refractivity contribution in [3.8, 4) is 0 Å². The van der Waals surface area contributed by atoms with Crippen molar-refractivity contribution < 1.29 is 24.2 Å². The third kappa shape index (κ3) is 3.27. The summed E-state index contributed by atoms with van der Waals surface area (Å²) in [5.74, 6) is -2.26. The molecule has 1 spiro atoms. The van der Waals surface area contributed by atoms with E-state index in [9.17, 15) is 19.5 Å². The molecule has 2 saturated heterocycles. The molecule has 8 heteroatoms. The van der Waals surface area contributed by atoms with Crippen LogP contribution in [0.1, 0.15) is 13.3 Å². The summed E-state index contributed by atoms with van der Waals surface area (Å²) in [6.07, 6.45) is 8.18. The lowest BCUT2D eigenvalue weighted by Crippen LogP contribution is -2.56. The number of nitrogens with zero attached hydrogens (tertiary/aromatic N) is 2. The Morgan fingerprint density at radius 1 is 1.11 bits per heavy atom. The number of anilines is 1. The lowest BCUT2D eigenvalue weighted by atomic mass is 9.78. The molecule has 7 nitrogen and oxygen atoms in total. The largest absolute Gasteiger partial charge is 0.461 e. The molecule has 36 heavy (non-hydrogen) atoms. The lowest BCUT2D eigenvalue weighted by molar-refractivity contribution is -0.152. The number of benzene rings is 2. The number of hydrogen-bond donors (Lipinski definition) is 1. The molecule has 2 aromatic carbocycles. The molecule has 1 unspecified atom stereocenters. The van der Waals surface area contributed by atoms with Gasteiger partial charge in [-0.15, -0.1) is 11.8 Å². The SMILES string of the molecule is CC[C@@H](CO)N1C(=O)[C@@H]2[C@H]3C(=O)OCC=C[C@H]3S[C@@]23C=CCN(c2ccc4ccccc4c2)C(=O)C13. The average Bonchev–Trinajstić information content (AvgIpc) is 3.19. The molecule has 4 aliphatic heterocycles. The normalized spacial score (nSPS) is 32.1. The summed E-state index contributed by atoms with van der Waals surface area (Å²) in [7, 11) is 0. The second-order valence-corrected chi connectivity index (χ2v) is 11.3. The number of aliphatic hydroxyl groups is 1. The van der Waals surface area contributed by atoms with Gasteiger partial charge in [0.15, 0.2) is 0 Å². The molecule has 0 bridgehead atoms. The van der Waals surface area contributed by atoms with Crippen LogP contribution in [0.25, 0.3) is 10.8 Å². The van der Waals surface area contributed by atoms with Gasteiger partial charge in [0.25, 0.3) is 5.91 Å². The highest BCUT2D eigenvalue weighted by atomic mass is 32.2. The Bertz CT molecular complexity index is 1300. The third-order valence-corrected chi connectivity index (χ3v) is 9.72. The van der Waals surface area contributed by atoms with Crippen LogP contribution >= 0.6 is 11.8 Å². The van der Waals surface area contributed by atoms with Crippen LogP contribution in [0.3, 0.4) is 0 Å². The molecule has 2 fully saturated rings. The van der Waals surface area contributed by atoms with Gasteiger partial charge in [-0.05, 0) is 29.3 Å². The van der Waals surface area contributed by atoms with Gasteiger partial charge in [0.2, 0.25) is 5.91 Å². The highest BCUT2D eigenvalue weighted by Crippen LogP contribution is 2.61. The summed E-state index contributed by atoms with van der Waals surface area (Å²) in [6.45, 7) is 2.19. The molecule has 186 valence electrons. The van der Waals surface area contributed by atoms with Crippen molar-refractivity contribution in [3.05, 3.63) is 66.8 Å². The minimum Gasteiger partial charge on any atom is -0.461 e. The first kappa shape index (κ1) is 23.3. The number of hydrogen-bond acceptors (Lipinski definition) is 6. The number of carbonyl (C=O) groups excluding carboxylic acids is 3. The maximum Gasteiger partial charge on any atom is 0.311 e. The van der Waals surface area contributed by atoms with E-state index in [1.165, 1.54) is 11.8 Å². The molecule has 0 aliphatic carbocycles. The van der Waals surface area contributed by atoms with Crippen molar-refractivity contribution >= 4 is 46.0 Å². The second kappa shape index (κ2) is 8.78. The van der Waals surface area contributed by atoms with Gasteiger partial charge in [0.1, 0.15) is 12.6 Å². The number of cyclic esters (lactones) is 1. The lowest BCUT2D eigenvalue weighted by Gasteiger charge is -2.38. The monoisotopic (exact) mass is 504 g/mol. The van der Waals surface area contributed by atoms with Gasteiger partial charge in [-0.3, -0.25) is 14.4 Å². The van der Waals surface area contributed by atoms with Crippen LogP contribution in [-0.2, 0) is 19.1 Å². The van der Waals surface area contributed by atoms with E-state index in [4.69, 9.17) is 4.74 Å². The number of amides is 2. The quantitative estimate of drug-likeness (QED) is 0.509. The number of ether oxygens (including phenoxy) is 1. The van der Waals surface area contributed by atoms with Crippen LogP contribution in [0, 0.1) is 11.8 Å². The fourth-order valence-electron chi connectivity index (χ4n) is 6.29. The first-order chi connectivity index (χ1) is 17.5. The van der Waals surface area contributed by atoms with E-state index in [1.807, 2.05) is 73.7 Å². The van der Waals surface area contributed by atoms with Crippen LogP contribution in [0.5, 0.6) is 0 Å². The zero-order valence-electron chi connectivity index (χ0n) is 19.9. The predicted molar refractivity (Wildman–Crippen MR) is 138 cm³/mol.